The summed E-state index contributed by atoms with van der Waals surface area (Å²) in [4.78, 5) is 0. The molecule has 2 N–H and O–H groups in total. The first-order valence-electron chi connectivity index (χ1n) is 7.25. The average molecular weight is 406 g/mol. The molecular formula is C17H22N2O2SSr. The zero-order valence-electron chi connectivity index (χ0n) is 15.5. The molecule has 2 aromatic rings. The Kier molecular flexibility index (Phi) is 9.59. The van der Waals surface area contributed by atoms with Crippen LogP contribution in [0, 0.1) is 0 Å². The molecule has 0 fully saturated rings. The van der Waals surface area contributed by atoms with Crippen LogP contribution in [0.5, 0.6) is 11.5 Å². The minimum atomic E-state index is 0. The van der Waals surface area contributed by atoms with Crippen molar-refractivity contribution in [1.82, 2.24) is 0 Å². The van der Waals surface area contributed by atoms with E-state index in [0.29, 0.717) is 18.3 Å². The molecule has 0 atom stereocenters. The summed E-state index contributed by atoms with van der Waals surface area (Å²) in [5.41, 5.74) is 1.82. The molecule has 0 bridgehead atoms. The van der Waals surface area contributed by atoms with Crippen LogP contribution in [0.2, 0.25) is 0 Å². The molecular weight excluding hydrogens is 384 g/mol. The molecule has 23 heavy (non-hydrogen) atoms. The summed E-state index contributed by atoms with van der Waals surface area (Å²) in [6, 6.07) is 15.3. The first-order valence-corrected chi connectivity index (χ1v) is 7.65. The van der Waals surface area contributed by atoms with E-state index >= 15 is 0 Å². The van der Waals surface area contributed by atoms with Gasteiger partial charge < -0.3 is 23.0 Å². The third-order valence-corrected chi connectivity index (χ3v) is 3.05. The van der Waals surface area contributed by atoms with Crippen molar-refractivity contribution in [2.75, 3.05) is 23.8 Å². The van der Waals surface area contributed by atoms with Gasteiger partial charge in [0.1, 0.15) is 11.5 Å². The van der Waals surface area contributed by atoms with Crippen LogP contribution in [0.1, 0.15) is 16.7 Å². The molecule has 0 aliphatic carbocycles. The van der Waals surface area contributed by atoms with Gasteiger partial charge in [-0.15, -0.1) is 0 Å². The Balaban J connectivity index is 0. The Hall–Kier alpha value is -0.789. The minimum absolute atomic E-state index is 0. The van der Waals surface area contributed by atoms with Crippen LogP contribution in [-0.2, 0) is 0 Å². The topological polar surface area (TPSA) is 42.5 Å². The molecule has 0 aliphatic rings. The first kappa shape index (κ1) is 20.3. The summed E-state index contributed by atoms with van der Waals surface area (Å²) < 4.78 is 10.8. The standard InChI is InChI=1S/C17H20N2O2S.Sr.2H/c1-3-20-15-9-5-13(6-10-15)18-17(22)19-14-7-11-16(12-8-14)21-4-2;;;/h5-12H,3-4H2,1-2H3,(H2,18,19,22);;;/q;+2;2*-1. The molecule has 0 radical (unpaired) electrons. The average Bonchev–Trinajstić information content (AvgIpc) is 2.52. The molecule has 0 amide bonds. The summed E-state index contributed by atoms with van der Waals surface area (Å²) in [6.45, 7) is 5.24. The normalized spacial score (nSPS) is 9.48. The van der Waals surface area contributed by atoms with Crippen LogP contribution >= 0.6 is 12.2 Å². The van der Waals surface area contributed by atoms with Crippen molar-refractivity contribution in [2.45, 2.75) is 13.8 Å². The van der Waals surface area contributed by atoms with Crippen molar-refractivity contribution < 1.29 is 12.3 Å². The smallest absolute Gasteiger partial charge is 1.00 e. The Morgan fingerprint density at radius 3 is 1.48 bits per heavy atom. The second kappa shape index (κ2) is 10.9. The van der Waals surface area contributed by atoms with Gasteiger partial charge in [-0.25, -0.2) is 0 Å². The Morgan fingerprint density at radius 1 is 0.826 bits per heavy atom. The van der Waals surface area contributed by atoms with Crippen molar-refractivity contribution in [3.05, 3.63) is 48.5 Å². The van der Waals surface area contributed by atoms with Gasteiger partial charge in [-0.1, -0.05) is 0 Å². The number of anilines is 2. The molecule has 0 saturated carbocycles. The van der Waals surface area contributed by atoms with E-state index in [4.69, 9.17) is 21.7 Å². The second-order valence-electron chi connectivity index (χ2n) is 4.49. The van der Waals surface area contributed by atoms with Crippen molar-refractivity contribution in [2.24, 2.45) is 0 Å². The van der Waals surface area contributed by atoms with E-state index in [0.717, 1.165) is 22.9 Å². The van der Waals surface area contributed by atoms with Crippen LogP contribution < -0.4 is 20.1 Å². The van der Waals surface area contributed by atoms with Crippen molar-refractivity contribution in [3.8, 4) is 11.5 Å². The van der Waals surface area contributed by atoms with Gasteiger partial charge in [-0.3, -0.25) is 0 Å². The van der Waals surface area contributed by atoms with Crippen LogP contribution in [-0.4, -0.2) is 63.8 Å². The zero-order chi connectivity index (χ0) is 15.8. The fourth-order valence-corrected chi connectivity index (χ4v) is 2.13. The Labute approximate surface area is 182 Å². The molecule has 0 unspecified atom stereocenters. The van der Waals surface area contributed by atoms with E-state index in [1.165, 1.54) is 0 Å². The van der Waals surface area contributed by atoms with Crippen LogP contribution in [0.15, 0.2) is 48.5 Å². The molecule has 0 heterocycles. The summed E-state index contributed by atoms with van der Waals surface area (Å²) in [5, 5.41) is 6.80. The number of ether oxygens (including phenoxy) is 2. The van der Waals surface area contributed by atoms with Crippen molar-refractivity contribution >= 4 is 74.2 Å². The third-order valence-electron chi connectivity index (χ3n) is 2.85. The summed E-state index contributed by atoms with van der Waals surface area (Å²) in [6.07, 6.45) is 0. The quantitative estimate of drug-likeness (QED) is 0.558. The van der Waals surface area contributed by atoms with Crippen molar-refractivity contribution in [1.29, 1.82) is 0 Å². The van der Waals surface area contributed by atoms with E-state index in [2.05, 4.69) is 10.6 Å². The summed E-state index contributed by atoms with van der Waals surface area (Å²) in [5.74, 6) is 1.69. The number of benzene rings is 2. The summed E-state index contributed by atoms with van der Waals surface area (Å²) >= 11 is 5.30. The van der Waals surface area contributed by atoms with Crippen molar-refractivity contribution in [3.63, 3.8) is 0 Å². The van der Waals surface area contributed by atoms with E-state index in [1.54, 1.807) is 0 Å². The number of rotatable bonds is 6. The predicted molar refractivity (Wildman–Crippen MR) is 103 cm³/mol. The van der Waals surface area contributed by atoms with E-state index in [9.17, 15) is 0 Å². The van der Waals surface area contributed by atoms with Gasteiger partial charge in [0.05, 0.1) is 13.2 Å². The van der Waals surface area contributed by atoms with Gasteiger partial charge >= 0.3 is 45.5 Å². The summed E-state index contributed by atoms with van der Waals surface area (Å²) in [7, 11) is 0. The SMILES string of the molecule is CCOc1ccc(NC(=S)Nc2ccc(OCC)cc2)cc1.[H-].[H-].[Sr+2]. The molecule has 0 aromatic heterocycles. The Bertz CT molecular complexity index is 560. The van der Waals surface area contributed by atoms with E-state index in [-0.39, 0.29) is 48.3 Å². The number of thiocarbonyl (C=S) groups is 1. The maximum atomic E-state index is 5.40. The predicted octanol–water partition coefficient (Wildman–Crippen LogP) is 4.14. The fourth-order valence-electron chi connectivity index (χ4n) is 1.90. The monoisotopic (exact) mass is 406 g/mol. The van der Waals surface area contributed by atoms with Gasteiger partial charge in [-0.05, 0) is 74.6 Å². The molecule has 0 aliphatic heterocycles. The number of hydrogen-bond donors (Lipinski definition) is 2. The number of nitrogens with one attached hydrogen (secondary N) is 2. The van der Waals surface area contributed by atoms with Crippen LogP contribution in [0.4, 0.5) is 11.4 Å². The molecule has 120 valence electrons. The van der Waals surface area contributed by atoms with Gasteiger partial charge in [0, 0.05) is 11.4 Å². The minimum Gasteiger partial charge on any atom is -1.00 e. The maximum Gasteiger partial charge on any atom is 2.00 e. The van der Waals surface area contributed by atoms with E-state index in [1.807, 2.05) is 62.4 Å². The first-order chi connectivity index (χ1) is 10.7. The largest absolute Gasteiger partial charge is 2.00 e. The van der Waals surface area contributed by atoms with Gasteiger partial charge in [-0.2, -0.15) is 0 Å². The van der Waals surface area contributed by atoms with E-state index < -0.39 is 0 Å². The molecule has 0 spiro atoms. The number of hydrogen-bond acceptors (Lipinski definition) is 3. The fraction of sp³-hybridized carbons (Fsp3) is 0.235. The third kappa shape index (κ3) is 7.10. The molecule has 0 saturated heterocycles. The van der Waals surface area contributed by atoms with Gasteiger partial charge in [0.25, 0.3) is 0 Å². The van der Waals surface area contributed by atoms with Crippen LogP contribution in [0.25, 0.3) is 0 Å². The zero-order valence-corrected chi connectivity index (χ0v) is 17.8. The molecule has 6 heteroatoms. The molecule has 2 rings (SSSR count). The second-order valence-corrected chi connectivity index (χ2v) is 4.90. The molecule has 4 nitrogen and oxygen atoms in total. The maximum absolute atomic E-state index is 5.40. The van der Waals surface area contributed by atoms with Crippen LogP contribution in [0.3, 0.4) is 0 Å². The Morgan fingerprint density at radius 2 is 1.17 bits per heavy atom. The molecule has 2 aromatic carbocycles. The van der Waals surface area contributed by atoms with Gasteiger partial charge in [0.15, 0.2) is 5.11 Å². The van der Waals surface area contributed by atoms with Gasteiger partial charge in [0.2, 0.25) is 0 Å².